The average molecular weight is 405 g/mol. The van der Waals surface area contributed by atoms with Gasteiger partial charge in [-0.15, -0.1) is 12.4 Å². The number of halogens is 3. The van der Waals surface area contributed by atoms with Gasteiger partial charge in [0.05, 0.1) is 19.3 Å². The SMILES string of the molecule is Cl.O=C(CCOCC1CCCO1)NC1CNCCC1c1ccc(F)c(F)c1. The zero-order valence-electron chi connectivity index (χ0n) is 15.2. The van der Waals surface area contributed by atoms with Gasteiger partial charge >= 0.3 is 0 Å². The quantitative estimate of drug-likeness (QED) is 0.686. The third kappa shape index (κ3) is 6.38. The minimum Gasteiger partial charge on any atom is -0.378 e. The summed E-state index contributed by atoms with van der Waals surface area (Å²) >= 11 is 0. The lowest BCUT2D eigenvalue weighted by molar-refractivity contribution is -0.123. The Morgan fingerprint density at radius 1 is 1.30 bits per heavy atom. The number of amides is 1. The van der Waals surface area contributed by atoms with E-state index in [9.17, 15) is 13.6 Å². The molecule has 152 valence electrons. The van der Waals surface area contributed by atoms with Gasteiger partial charge in [0.15, 0.2) is 11.6 Å². The van der Waals surface area contributed by atoms with Gasteiger partial charge in [0, 0.05) is 31.5 Å². The highest BCUT2D eigenvalue weighted by Gasteiger charge is 2.28. The molecular formula is C19H27ClF2N2O3. The summed E-state index contributed by atoms with van der Waals surface area (Å²) in [5.74, 6) is -1.85. The number of ether oxygens (including phenoxy) is 2. The van der Waals surface area contributed by atoms with Crippen LogP contribution in [0, 0.1) is 11.6 Å². The van der Waals surface area contributed by atoms with E-state index in [1.54, 1.807) is 6.07 Å². The molecule has 3 unspecified atom stereocenters. The smallest absolute Gasteiger partial charge is 0.222 e. The van der Waals surface area contributed by atoms with Gasteiger partial charge in [-0.25, -0.2) is 8.78 Å². The van der Waals surface area contributed by atoms with Crippen molar-refractivity contribution in [2.75, 3.05) is 32.9 Å². The number of rotatable bonds is 7. The second-order valence-corrected chi connectivity index (χ2v) is 6.91. The van der Waals surface area contributed by atoms with Crippen molar-refractivity contribution < 1.29 is 23.0 Å². The van der Waals surface area contributed by atoms with E-state index >= 15 is 0 Å². The van der Waals surface area contributed by atoms with Gasteiger partial charge in [0.2, 0.25) is 5.91 Å². The number of carbonyl (C=O) groups is 1. The predicted octanol–water partition coefficient (Wildman–Crippen LogP) is 2.53. The minimum absolute atomic E-state index is 0. The van der Waals surface area contributed by atoms with Crippen LogP contribution in [0.25, 0.3) is 0 Å². The molecule has 27 heavy (non-hydrogen) atoms. The number of benzene rings is 1. The fraction of sp³-hybridized carbons (Fsp3) is 0.632. The standard InChI is InChI=1S/C19H26F2N2O3.ClH/c20-16-4-3-13(10-17(16)21)15-5-7-22-11-18(15)23-19(24)6-9-25-12-14-2-1-8-26-14;/h3-4,10,14-15,18,22H,1-2,5-9,11-12H2,(H,23,24);1H. The van der Waals surface area contributed by atoms with Gasteiger partial charge in [-0.05, 0) is 43.5 Å². The molecule has 1 aromatic carbocycles. The van der Waals surface area contributed by atoms with E-state index in [1.807, 2.05) is 0 Å². The summed E-state index contributed by atoms with van der Waals surface area (Å²) in [7, 11) is 0. The molecule has 0 aliphatic carbocycles. The van der Waals surface area contributed by atoms with Crippen molar-refractivity contribution in [2.24, 2.45) is 0 Å². The summed E-state index contributed by atoms with van der Waals surface area (Å²) in [5.41, 5.74) is 0.713. The molecule has 2 aliphatic rings. The maximum absolute atomic E-state index is 13.6. The summed E-state index contributed by atoms with van der Waals surface area (Å²) in [4.78, 5) is 12.2. The van der Waals surface area contributed by atoms with E-state index in [4.69, 9.17) is 9.47 Å². The maximum Gasteiger partial charge on any atom is 0.222 e. The molecule has 5 nitrogen and oxygen atoms in total. The molecule has 0 saturated carbocycles. The van der Waals surface area contributed by atoms with E-state index in [0.717, 1.165) is 38.5 Å². The van der Waals surface area contributed by atoms with Crippen LogP contribution in [0.4, 0.5) is 8.78 Å². The summed E-state index contributed by atoms with van der Waals surface area (Å²) < 4.78 is 37.7. The van der Waals surface area contributed by atoms with Crippen molar-refractivity contribution in [1.82, 2.24) is 10.6 Å². The van der Waals surface area contributed by atoms with Crippen LogP contribution in [-0.4, -0.2) is 51.0 Å². The van der Waals surface area contributed by atoms with Crippen LogP contribution in [-0.2, 0) is 14.3 Å². The lowest BCUT2D eigenvalue weighted by Gasteiger charge is -2.33. The molecule has 1 aromatic rings. The molecule has 8 heteroatoms. The van der Waals surface area contributed by atoms with E-state index < -0.39 is 11.6 Å². The first kappa shape index (κ1) is 22.0. The first-order valence-electron chi connectivity index (χ1n) is 9.28. The van der Waals surface area contributed by atoms with Crippen molar-refractivity contribution >= 4 is 18.3 Å². The Bertz CT molecular complexity index is 615. The second-order valence-electron chi connectivity index (χ2n) is 6.91. The Morgan fingerprint density at radius 2 is 2.15 bits per heavy atom. The summed E-state index contributed by atoms with van der Waals surface area (Å²) in [6.45, 7) is 3.04. The zero-order valence-corrected chi connectivity index (χ0v) is 16.0. The normalized spacial score (nSPS) is 25.0. The molecular weight excluding hydrogens is 378 g/mol. The van der Waals surface area contributed by atoms with E-state index in [0.29, 0.717) is 25.3 Å². The average Bonchev–Trinajstić information content (AvgIpc) is 3.15. The van der Waals surface area contributed by atoms with E-state index in [-0.39, 0.29) is 42.8 Å². The number of carbonyl (C=O) groups excluding carboxylic acids is 1. The predicted molar refractivity (Wildman–Crippen MR) is 100 cm³/mol. The third-order valence-corrected chi connectivity index (χ3v) is 5.00. The first-order chi connectivity index (χ1) is 12.6. The fourth-order valence-corrected chi connectivity index (χ4v) is 3.59. The Kier molecular flexibility index (Phi) is 8.89. The lowest BCUT2D eigenvalue weighted by atomic mass is 9.86. The van der Waals surface area contributed by atoms with Crippen LogP contribution in [0.3, 0.4) is 0 Å². The van der Waals surface area contributed by atoms with Crippen molar-refractivity contribution in [2.45, 2.75) is 43.7 Å². The molecule has 0 aromatic heterocycles. The summed E-state index contributed by atoms with van der Waals surface area (Å²) in [6, 6.07) is 3.82. The summed E-state index contributed by atoms with van der Waals surface area (Å²) in [6.07, 6.45) is 3.25. The molecule has 2 N–H and O–H groups in total. The van der Waals surface area contributed by atoms with Gasteiger partial charge in [0.1, 0.15) is 0 Å². The van der Waals surface area contributed by atoms with Crippen LogP contribution >= 0.6 is 12.4 Å². The molecule has 3 atom stereocenters. The highest BCUT2D eigenvalue weighted by atomic mass is 35.5. The molecule has 3 rings (SSSR count). The molecule has 0 bridgehead atoms. The third-order valence-electron chi connectivity index (χ3n) is 5.00. The van der Waals surface area contributed by atoms with Crippen molar-refractivity contribution in [3.05, 3.63) is 35.4 Å². The topological polar surface area (TPSA) is 59.6 Å². The molecule has 0 spiro atoms. The van der Waals surface area contributed by atoms with Crippen LogP contribution in [0.2, 0.25) is 0 Å². The number of piperidine rings is 1. The molecule has 2 fully saturated rings. The van der Waals surface area contributed by atoms with E-state index in [2.05, 4.69) is 10.6 Å². The fourth-order valence-electron chi connectivity index (χ4n) is 3.59. The monoisotopic (exact) mass is 404 g/mol. The van der Waals surface area contributed by atoms with Crippen molar-refractivity contribution in [3.8, 4) is 0 Å². The molecule has 0 radical (unpaired) electrons. The Balaban J connectivity index is 0.00000261. The Labute approximate surface area is 164 Å². The van der Waals surface area contributed by atoms with Crippen LogP contribution in [0.1, 0.15) is 37.2 Å². The van der Waals surface area contributed by atoms with Crippen LogP contribution in [0.15, 0.2) is 18.2 Å². The Morgan fingerprint density at radius 3 is 2.89 bits per heavy atom. The highest BCUT2D eigenvalue weighted by Crippen LogP contribution is 2.27. The first-order valence-corrected chi connectivity index (χ1v) is 9.28. The number of hydrogen-bond donors (Lipinski definition) is 2. The second kappa shape index (κ2) is 10.9. The van der Waals surface area contributed by atoms with Gasteiger partial charge in [-0.3, -0.25) is 4.79 Å². The molecule has 2 aliphatic heterocycles. The van der Waals surface area contributed by atoms with Gasteiger partial charge in [0.25, 0.3) is 0 Å². The van der Waals surface area contributed by atoms with E-state index in [1.165, 1.54) is 6.07 Å². The molecule has 2 heterocycles. The summed E-state index contributed by atoms with van der Waals surface area (Å²) in [5, 5.41) is 6.24. The number of hydrogen-bond acceptors (Lipinski definition) is 4. The maximum atomic E-state index is 13.6. The number of nitrogens with one attached hydrogen (secondary N) is 2. The van der Waals surface area contributed by atoms with Gasteiger partial charge in [-0.2, -0.15) is 0 Å². The largest absolute Gasteiger partial charge is 0.378 e. The lowest BCUT2D eigenvalue weighted by Crippen LogP contribution is -2.50. The molecule has 1 amide bonds. The van der Waals surface area contributed by atoms with Crippen molar-refractivity contribution in [1.29, 1.82) is 0 Å². The van der Waals surface area contributed by atoms with Gasteiger partial charge < -0.3 is 20.1 Å². The highest BCUT2D eigenvalue weighted by molar-refractivity contribution is 5.85. The van der Waals surface area contributed by atoms with Gasteiger partial charge in [-0.1, -0.05) is 6.07 Å². The van der Waals surface area contributed by atoms with Crippen LogP contribution in [0.5, 0.6) is 0 Å². The van der Waals surface area contributed by atoms with Crippen LogP contribution < -0.4 is 10.6 Å². The van der Waals surface area contributed by atoms with Crippen molar-refractivity contribution in [3.63, 3.8) is 0 Å². The minimum atomic E-state index is -0.855. The zero-order chi connectivity index (χ0) is 18.4. The Hall–Kier alpha value is -1.28. The molecule has 2 saturated heterocycles.